The van der Waals surface area contributed by atoms with E-state index in [0.29, 0.717) is 0 Å². The summed E-state index contributed by atoms with van der Waals surface area (Å²) in [6.07, 6.45) is 0. The fourth-order valence-corrected chi connectivity index (χ4v) is 8.85. The average Bonchev–Trinajstić information content (AvgIpc) is 3.92. The Kier molecular flexibility index (Phi) is 5.23. The standard InChI is InChI=1S/C48H28N2O/c1-4-16-41-34(11-1)35-12-2-5-17-42(35)49(41)32-21-23-33(24-22-32)50-43-18-6-3-13-36(43)39-27-30(19-25-44(39)50)31-20-26-45-40(28-31)47-37-14-7-9-29-10-8-15-38(46(29)37)48(47)51-45/h1-28H. The number of para-hydroxylation sites is 3. The molecular formula is C48H28N2O. The first kappa shape index (κ1) is 27.0. The van der Waals surface area contributed by atoms with E-state index in [4.69, 9.17) is 4.42 Å². The third-order valence-corrected chi connectivity index (χ3v) is 11.1. The van der Waals surface area contributed by atoms with Gasteiger partial charge in [-0.3, -0.25) is 0 Å². The zero-order chi connectivity index (χ0) is 33.2. The predicted octanol–water partition coefficient (Wildman–Crippen LogP) is 13.1. The number of aromatic nitrogens is 2. The first-order chi connectivity index (χ1) is 25.3. The van der Waals surface area contributed by atoms with E-state index in [9.17, 15) is 0 Å². The molecule has 0 N–H and O–H groups in total. The summed E-state index contributed by atoms with van der Waals surface area (Å²) in [4.78, 5) is 0. The topological polar surface area (TPSA) is 23.0 Å². The summed E-state index contributed by atoms with van der Waals surface area (Å²) in [7, 11) is 0. The van der Waals surface area contributed by atoms with Gasteiger partial charge in [-0.05, 0) is 88.8 Å². The number of nitrogens with zero attached hydrogens (tertiary/aromatic N) is 2. The summed E-state index contributed by atoms with van der Waals surface area (Å²) in [5.41, 5.74) is 14.1. The van der Waals surface area contributed by atoms with Crippen LogP contribution in [0.3, 0.4) is 0 Å². The highest BCUT2D eigenvalue weighted by Gasteiger charge is 2.27. The van der Waals surface area contributed by atoms with Crippen LogP contribution in [-0.4, -0.2) is 9.13 Å². The summed E-state index contributed by atoms with van der Waals surface area (Å²) in [5, 5.41) is 8.74. The van der Waals surface area contributed by atoms with Gasteiger partial charge in [-0.1, -0.05) is 103 Å². The third kappa shape index (κ3) is 3.62. The Morgan fingerprint density at radius 2 is 0.882 bits per heavy atom. The second-order valence-electron chi connectivity index (χ2n) is 13.7. The zero-order valence-corrected chi connectivity index (χ0v) is 27.5. The summed E-state index contributed by atoms with van der Waals surface area (Å²) in [6, 6.07) is 61.7. The second kappa shape index (κ2) is 9.87. The molecule has 3 aromatic heterocycles. The average molecular weight is 649 g/mol. The lowest BCUT2D eigenvalue weighted by molar-refractivity contribution is 0.634. The first-order valence-electron chi connectivity index (χ1n) is 17.5. The van der Waals surface area contributed by atoms with Gasteiger partial charge >= 0.3 is 0 Å². The molecule has 3 heteroatoms. The van der Waals surface area contributed by atoms with Crippen molar-refractivity contribution in [3.05, 3.63) is 170 Å². The van der Waals surface area contributed by atoms with Gasteiger partial charge in [0.05, 0.1) is 22.1 Å². The highest BCUT2D eigenvalue weighted by molar-refractivity contribution is 6.20. The van der Waals surface area contributed by atoms with Gasteiger partial charge in [0.25, 0.3) is 0 Å². The minimum atomic E-state index is 0.928. The van der Waals surface area contributed by atoms with Crippen molar-refractivity contribution in [2.24, 2.45) is 0 Å². The molecule has 3 nitrogen and oxygen atoms in total. The summed E-state index contributed by atoms with van der Waals surface area (Å²) in [6.45, 7) is 0. The zero-order valence-electron chi connectivity index (χ0n) is 27.5. The van der Waals surface area contributed by atoms with Crippen LogP contribution in [0.5, 0.6) is 0 Å². The fourth-order valence-electron chi connectivity index (χ4n) is 8.85. The highest BCUT2D eigenvalue weighted by atomic mass is 16.3. The van der Waals surface area contributed by atoms with Crippen LogP contribution in [0.4, 0.5) is 0 Å². The summed E-state index contributed by atoms with van der Waals surface area (Å²) in [5.74, 6) is 0.983. The van der Waals surface area contributed by atoms with Crippen molar-refractivity contribution < 1.29 is 4.42 Å². The number of fused-ring (bicyclic) bond motifs is 11. The third-order valence-electron chi connectivity index (χ3n) is 11.1. The molecule has 1 aliphatic rings. The van der Waals surface area contributed by atoms with Gasteiger partial charge in [0.15, 0.2) is 0 Å². The van der Waals surface area contributed by atoms with Gasteiger partial charge in [-0.15, -0.1) is 0 Å². The molecule has 0 fully saturated rings. The molecule has 0 bridgehead atoms. The summed E-state index contributed by atoms with van der Waals surface area (Å²) < 4.78 is 11.3. The Labute approximate surface area is 292 Å². The monoisotopic (exact) mass is 648 g/mol. The minimum absolute atomic E-state index is 0.928. The van der Waals surface area contributed by atoms with Gasteiger partial charge in [0.1, 0.15) is 11.3 Å². The Hall–Kier alpha value is -6.84. The molecule has 0 saturated carbocycles. The second-order valence-corrected chi connectivity index (χ2v) is 13.7. The molecule has 236 valence electrons. The van der Waals surface area contributed by atoms with Crippen LogP contribution in [0.2, 0.25) is 0 Å². The van der Waals surface area contributed by atoms with Crippen LogP contribution < -0.4 is 0 Å². The van der Waals surface area contributed by atoms with Gasteiger partial charge in [-0.25, -0.2) is 0 Å². The van der Waals surface area contributed by atoms with Crippen molar-refractivity contribution >= 4 is 65.4 Å². The smallest absolute Gasteiger partial charge is 0.143 e. The van der Waals surface area contributed by atoms with Crippen molar-refractivity contribution in [1.29, 1.82) is 0 Å². The van der Waals surface area contributed by atoms with Crippen molar-refractivity contribution in [3.63, 3.8) is 0 Å². The number of hydrogen-bond acceptors (Lipinski definition) is 1. The SMILES string of the molecule is c1cc2c3c(cccc3c1)-c1c-2oc2ccc(-c3ccc4c(c3)c3ccccc3n4-c3ccc(-n4c5ccccc5c5ccccc54)cc3)cc12. The maximum Gasteiger partial charge on any atom is 0.143 e. The molecule has 8 aromatic carbocycles. The van der Waals surface area contributed by atoms with E-state index >= 15 is 0 Å². The molecule has 12 rings (SSSR count). The van der Waals surface area contributed by atoms with Crippen LogP contribution in [-0.2, 0) is 0 Å². The normalized spacial score (nSPS) is 12.3. The van der Waals surface area contributed by atoms with E-state index < -0.39 is 0 Å². The number of rotatable bonds is 3. The molecule has 11 aromatic rings. The van der Waals surface area contributed by atoms with Crippen molar-refractivity contribution in [2.75, 3.05) is 0 Å². The fraction of sp³-hybridized carbons (Fsp3) is 0. The quantitative estimate of drug-likeness (QED) is 0.187. The molecule has 0 saturated heterocycles. The molecule has 51 heavy (non-hydrogen) atoms. The van der Waals surface area contributed by atoms with Gasteiger partial charge < -0.3 is 13.6 Å². The van der Waals surface area contributed by atoms with E-state index in [1.165, 1.54) is 82.2 Å². The number of hydrogen-bond donors (Lipinski definition) is 0. The number of furan rings is 1. The van der Waals surface area contributed by atoms with Gasteiger partial charge in [-0.2, -0.15) is 0 Å². The lowest BCUT2D eigenvalue weighted by atomic mass is 9.98. The van der Waals surface area contributed by atoms with E-state index in [-0.39, 0.29) is 0 Å². The van der Waals surface area contributed by atoms with Crippen LogP contribution in [0.25, 0.3) is 110 Å². The molecule has 0 spiro atoms. The molecule has 0 unspecified atom stereocenters. The highest BCUT2D eigenvalue weighted by Crippen LogP contribution is 2.52. The minimum Gasteiger partial charge on any atom is -0.455 e. The predicted molar refractivity (Wildman–Crippen MR) is 212 cm³/mol. The molecular weight excluding hydrogens is 621 g/mol. The maximum atomic E-state index is 6.52. The molecule has 1 aliphatic carbocycles. The van der Waals surface area contributed by atoms with Gasteiger partial charge in [0, 0.05) is 54.8 Å². The maximum absolute atomic E-state index is 6.52. The Balaban J connectivity index is 0.997. The van der Waals surface area contributed by atoms with Crippen molar-refractivity contribution in [2.45, 2.75) is 0 Å². The van der Waals surface area contributed by atoms with Crippen LogP contribution in [0, 0.1) is 0 Å². The van der Waals surface area contributed by atoms with E-state index in [0.717, 1.165) is 28.1 Å². The molecule has 3 heterocycles. The summed E-state index contributed by atoms with van der Waals surface area (Å²) >= 11 is 0. The number of benzene rings is 8. The van der Waals surface area contributed by atoms with Crippen molar-refractivity contribution in [3.8, 4) is 45.0 Å². The Morgan fingerprint density at radius 3 is 1.51 bits per heavy atom. The van der Waals surface area contributed by atoms with Crippen molar-refractivity contribution in [1.82, 2.24) is 9.13 Å². The molecule has 0 amide bonds. The lowest BCUT2D eigenvalue weighted by Gasteiger charge is -2.12. The van der Waals surface area contributed by atoms with Crippen LogP contribution in [0.1, 0.15) is 0 Å². The van der Waals surface area contributed by atoms with E-state index in [1.54, 1.807) is 0 Å². The van der Waals surface area contributed by atoms with Gasteiger partial charge in [0.2, 0.25) is 0 Å². The Bertz CT molecular complexity index is 3180. The molecule has 0 atom stereocenters. The molecule has 0 radical (unpaired) electrons. The first-order valence-corrected chi connectivity index (χ1v) is 17.5. The van der Waals surface area contributed by atoms with E-state index in [2.05, 4.69) is 179 Å². The molecule has 0 aliphatic heterocycles. The van der Waals surface area contributed by atoms with E-state index in [1.807, 2.05) is 0 Å². The Morgan fingerprint density at radius 1 is 0.373 bits per heavy atom. The largest absolute Gasteiger partial charge is 0.455 e. The van der Waals surface area contributed by atoms with Crippen LogP contribution >= 0.6 is 0 Å². The lowest BCUT2D eigenvalue weighted by Crippen LogP contribution is -1.97. The van der Waals surface area contributed by atoms with Crippen LogP contribution in [0.15, 0.2) is 174 Å².